The highest BCUT2D eigenvalue weighted by molar-refractivity contribution is 6.18. The minimum atomic E-state index is -1.28. The standard InChI is InChI=1S/C54H62O14/c1-7-11-13-15-17-27-45(55)37-29-31-47(65-53(61)63-35(5)9-3)43(33-37)49(57)39-23-19-21-25-41(39)51(59)67-68-52(60)42-26-22-20-24-40(42)50(58)44-34-38(46(56)28-18-16-14-12-8-2)30-32-48(44)66-54(62)64-36(6)10-4/h19-26,29-36H,7-18,27-28H2,1-6H3. The number of hydrogen-bond acceptors (Lipinski definition) is 14. The first-order valence-corrected chi connectivity index (χ1v) is 23.5. The summed E-state index contributed by atoms with van der Waals surface area (Å²) in [5, 5.41) is 0. The van der Waals surface area contributed by atoms with Gasteiger partial charge in [-0.15, -0.1) is 0 Å². The SMILES string of the molecule is CCCCCCCC(=O)c1ccc(OC(=O)OC(C)CC)c(C(=O)c2ccccc2C(=O)OOC(=O)c2ccccc2C(=O)c2cc(C(=O)CCCCCCC)ccc2OC(=O)OC(C)CC)c1. The van der Waals surface area contributed by atoms with E-state index in [1.807, 2.05) is 13.8 Å². The highest BCUT2D eigenvalue weighted by atomic mass is 17.2. The van der Waals surface area contributed by atoms with E-state index in [-0.39, 0.29) is 80.4 Å². The van der Waals surface area contributed by atoms with Gasteiger partial charge in [-0.3, -0.25) is 19.2 Å². The second kappa shape index (κ2) is 27.6. The van der Waals surface area contributed by atoms with Gasteiger partial charge in [0.05, 0.1) is 22.3 Å². The van der Waals surface area contributed by atoms with E-state index >= 15 is 0 Å². The van der Waals surface area contributed by atoms with Crippen LogP contribution in [-0.2, 0) is 19.2 Å². The normalized spacial score (nSPS) is 11.7. The van der Waals surface area contributed by atoms with Crippen molar-refractivity contribution in [3.8, 4) is 11.5 Å². The number of Topliss-reactive ketones (excluding diaryl/α,β-unsaturated/α-hetero) is 2. The van der Waals surface area contributed by atoms with Crippen LogP contribution in [0.5, 0.6) is 11.5 Å². The van der Waals surface area contributed by atoms with E-state index in [2.05, 4.69) is 13.8 Å². The van der Waals surface area contributed by atoms with Gasteiger partial charge in [0.1, 0.15) is 23.7 Å². The quantitative estimate of drug-likeness (QED) is 0.0144. The Kier molecular flexibility index (Phi) is 21.8. The lowest BCUT2D eigenvalue weighted by atomic mass is 9.94. The molecule has 68 heavy (non-hydrogen) atoms. The van der Waals surface area contributed by atoms with Gasteiger partial charge in [-0.05, 0) is 88.1 Å². The second-order valence-corrected chi connectivity index (χ2v) is 16.5. The summed E-state index contributed by atoms with van der Waals surface area (Å²) < 4.78 is 21.4. The highest BCUT2D eigenvalue weighted by Crippen LogP contribution is 2.29. The number of carbonyl (C=O) groups excluding carboxylic acids is 8. The van der Waals surface area contributed by atoms with Crippen molar-refractivity contribution in [2.24, 2.45) is 0 Å². The molecule has 0 aliphatic heterocycles. The molecule has 0 saturated heterocycles. The van der Waals surface area contributed by atoms with Crippen LogP contribution >= 0.6 is 0 Å². The molecule has 14 nitrogen and oxygen atoms in total. The number of benzene rings is 4. The Hall–Kier alpha value is -6.96. The van der Waals surface area contributed by atoms with Crippen LogP contribution in [0.25, 0.3) is 0 Å². The summed E-state index contributed by atoms with van der Waals surface area (Å²) in [5.41, 5.74) is -1.26. The summed E-state index contributed by atoms with van der Waals surface area (Å²) in [4.78, 5) is 118. The molecule has 0 aliphatic rings. The van der Waals surface area contributed by atoms with Crippen LogP contribution in [0.15, 0.2) is 84.9 Å². The van der Waals surface area contributed by atoms with E-state index in [9.17, 15) is 38.4 Å². The number of rotatable bonds is 26. The Morgan fingerprint density at radius 2 is 0.779 bits per heavy atom. The number of ketones is 4. The van der Waals surface area contributed by atoms with Crippen molar-refractivity contribution >= 4 is 47.4 Å². The van der Waals surface area contributed by atoms with Gasteiger partial charge in [-0.1, -0.05) is 115 Å². The average Bonchev–Trinajstić information content (AvgIpc) is 3.34. The zero-order chi connectivity index (χ0) is 49.6. The molecule has 2 atom stereocenters. The first-order valence-electron chi connectivity index (χ1n) is 23.5. The summed E-state index contributed by atoms with van der Waals surface area (Å²) in [6.45, 7) is 11.1. The van der Waals surface area contributed by atoms with Crippen molar-refractivity contribution in [2.75, 3.05) is 0 Å². The van der Waals surface area contributed by atoms with Gasteiger partial charge in [-0.25, -0.2) is 29.0 Å². The molecule has 0 saturated carbocycles. The third-order valence-corrected chi connectivity index (χ3v) is 11.2. The van der Waals surface area contributed by atoms with Gasteiger partial charge in [0, 0.05) is 35.1 Å². The van der Waals surface area contributed by atoms with Gasteiger partial charge in [0.2, 0.25) is 0 Å². The molecule has 0 aliphatic carbocycles. The highest BCUT2D eigenvalue weighted by Gasteiger charge is 2.29. The van der Waals surface area contributed by atoms with Crippen LogP contribution in [0.3, 0.4) is 0 Å². The lowest BCUT2D eigenvalue weighted by Gasteiger charge is -2.15. The van der Waals surface area contributed by atoms with E-state index < -0.39 is 48.0 Å². The van der Waals surface area contributed by atoms with Crippen LogP contribution < -0.4 is 9.47 Å². The van der Waals surface area contributed by atoms with Crippen molar-refractivity contribution < 1.29 is 67.1 Å². The van der Waals surface area contributed by atoms with Crippen LogP contribution in [0.4, 0.5) is 9.59 Å². The summed E-state index contributed by atoms with van der Waals surface area (Å²) in [6.07, 6.45) is 7.46. The maximum Gasteiger partial charge on any atom is 0.514 e. The largest absolute Gasteiger partial charge is 0.514 e. The molecule has 2 unspecified atom stereocenters. The Bertz CT molecular complexity index is 2250. The second-order valence-electron chi connectivity index (χ2n) is 16.5. The molecule has 0 radical (unpaired) electrons. The fourth-order valence-electron chi connectivity index (χ4n) is 6.90. The summed E-state index contributed by atoms with van der Waals surface area (Å²) >= 11 is 0. The van der Waals surface area contributed by atoms with Gasteiger partial charge >= 0.3 is 24.2 Å². The van der Waals surface area contributed by atoms with Gasteiger partial charge < -0.3 is 18.9 Å². The first kappa shape index (κ1) is 53.7. The molecule has 4 rings (SSSR count). The summed E-state index contributed by atoms with van der Waals surface area (Å²) in [5.74, 6) is -5.12. The maximum absolute atomic E-state index is 14.3. The predicted molar refractivity (Wildman–Crippen MR) is 253 cm³/mol. The summed E-state index contributed by atoms with van der Waals surface area (Å²) in [7, 11) is 0. The molecule has 0 spiro atoms. The summed E-state index contributed by atoms with van der Waals surface area (Å²) in [6, 6.07) is 19.0. The van der Waals surface area contributed by atoms with Gasteiger partial charge in [0.25, 0.3) is 0 Å². The lowest BCUT2D eigenvalue weighted by Crippen LogP contribution is -2.20. The minimum Gasteiger partial charge on any atom is -0.431 e. The average molecular weight is 935 g/mol. The smallest absolute Gasteiger partial charge is 0.431 e. The molecule has 0 N–H and O–H groups in total. The van der Waals surface area contributed by atoms with Crippen LogP contribution in [0, 0.1) is 0 Å². The van der Waals surface area contributed by atoms with E-state index in [0.717, 1.165) is 51.4 Å². The molecular formula is C54H62O14. The van der Waals surface area contributed by atoms with E-state index in [4.69, 9.17) is 28.7 Å². The Labute approximate surface area is 397 Å². The van der Waals surface area contributed by atoms with Crippen LogP contribution in [-0.4, -0.2) is 59.6 Å². The molecule has 14 heteroatoms. The third kappa shape index (κ3) is 15.8. The fraction of sp³-hybridized carbons (Fsp3) is 0.407. The number of unbranched alkanes of at least 4 members (excludes halogenated alkanes) is 8. The van der Waals surface area contributed by atoms with Crippen molar-refractivity contribution in [1.29, 1.82) is 0 Å². The van der Waals surface area contributed by atoms with Crippen molar-refractivity contribution in [1.82, 2.24) is 0 Å². The van der Waals surface area contributed by atoms with Gasteiger partial charge in [-0.2, -0.15) is 0 Å². The van der Waals surface area contributed by atoms with Crippen molar-refractivity contribution in [3.63, 3.8) is 0 Å². The number of ether oxygens (including phenoxy) is 4. The zero-order valence-corrected chi connectivity index (χ0v) is 39.9. The number of carbonyl (C=O) groups is 8. The molecule has 362 valence electrons. The Morgan fingerprint density at radius 1 is 0.426 bits per heavy atom. The molecule has 0 fully saturated rings. The molecule has 0 bridgehead atoms. The van der Waals surface area contributed by atoms with E-state index in [1.54, 1.807) is 13.8 Å². The monoisotopic (exact) mass is 934 g/mol. The number of hydrogen-bond donors (Lipinski definition) is 0. The predicted octanol–water partition coefficient (Wildman–Crippen LogP) is 12.8. The maximum atomic E-state index is 14.3. The van der Waals surface area contributed by atoms with E-state index in [0.29, 0.717) is 25.7 Å². The van der Waals surface area contributed by atoms with E-state index in [1.165, 1.54) is 84.9 Å². The topological polar surface area (TPSA) is 192 Å². The lowest BCUT2D eigenvalue weighted by molar-refractivity contribution is -0.187. The zero-order valence-electron chi connectivity index (χ0n) is 39.9. The third-order valence-electron chi connectivity index (χ3n) is 11.2. The molecular weight excluding hydrogens is 873 g/mol. The Balaban J connectivity index is 1.61. The van der Waals surface area contributed by atoms with Crippen LogP contribution in [0.1, 0.15) is 205 Å². The fourth-order valence-corrected chi connectivity index (χ4v) is 6.90. The van der Waals surface area contributed by atoms with Gasteiger partial charge in [0.15, 0.2) is 23.1 Å². The molecule has 0 aromatic heterocycles. The molecule has 4 aromatic rings. The molecule has 0 amide bonds. The van der Waals surface area contributed by atoms with Crippen LogP contribution in [0.2, 0.25) is 0 Å². The molecule has 0 heterocycles. The van der Waals surface area contributed by atoms with Crippen molar-refractivity contribution in [3.05, 3.63) is 129 Å². The molecule has 4 aromatic carbocycles. The minimum absolute atomic E-state index is 0.189. The Morgan fingerprint density at radius 3 is 1.13 bits per heavy atom. The van der Waals surface area contributed by atoms with Crippen molar-refractivity contribution in [2.45, 2.75) is 144 Å². The first-order chi connectivity index (χ1) is 32.7.